The smallest absolute Gasteiger partial charge is 0.213 e. The summed E-state index contributed by atoms with van der Waals surface area (Å²) in [5, 5.41) is 11.4. The number of fused-ring (bicyclic) bond motifs is 8. The summed E-state index contributed by atoms with van der Waals surface area (Å²) in [6.07, 6.45) is 0. The Labute approximate surface area is 348 Å². The number of aromatic nitrogens is 2. The summed E-state index contributed by atoms with van der Waals surface area (Å²) in [4.78, 5) is 0. The molecule has 12 aromatic rings. The number of nitrogens with zero attached hydrogens (tertiary/aromatic N) is 2. The van der Waals surface area contributed by atoms with Crippen molar-refractivity contribution >= 4 is 83.6 Å². The van der Waals surface area contributed by atoms with E-state index in [1.807, 2.05) is 6.07 Å². The third-order valence-corrected chi connectivity index (χ3v) is 17.2. The molecule has 9 aromatic carbocycles. The molecule has 3 nitrogen and oxygen atoms in total. The van der Waals surface area contributed by atoms with Crippen LogP contribution in [-0.2, 0) is 0 Å². The van der Waals surface area contributed by atoms with Gasteiger partial charge in [0.25, 0.3) is 0 Å². The lowest BCUT2D eigenvalue weighted by Crippen LogP contribution is -2.74. The molecule has 0 fully saturated rings. The van der Waals surface area contributed by atoms with Gasteiger partial charge >= 0.3 is 0 Å². The molecule has 12 rings (SSSR count). The van der Waals surface area contributed by atoms with Crippen molar-refractivity contribution in [2.24, 2.45) is 0 Å². The molecule has 0 aliphatic carbocycles. The highest BCUT2D eigenvalue weighted by Gasteiger charge is 2.41. The highest BCUT2D eigenvalue weighted by atomic mass is 28.3. The molecule has 0 N–H and O–H groups in total. The molecule has 0 atom stereocenters. The third-order valence-electron chi connectivity index (χ3n) is 12.5. The fourth-order valence-electron chi connectivity index (χ4n) is 9.86. The maximum atomic E-state index is 6.62. The van der Waals surface area contributed by atoms with E-state index in [2.05, 4.69) is 234 Å². The highest BCUT2D eigenvalue weighted by molar-refractivity contribution is 7.20. The van der Waals surface area contributed by atoms with Crippen molar-refractivity contribution in [1.29, 1.82) is 0 Å². The number of furan rings is 1. The Kier molecular flexibility index (Phi) is 7.87. The third kappa shape index (κ3) is 5.14. The molecule has 0 saturated heterocycles. The van der Waals surface area contributed by atoms with Crippen molar-refractivity contribution in [1.82, 2.24) is 9.13 Å². The molecular weight excluding hydrogens is 745 g/mol. The first-order valence-corrected chi connectivity index (χ1v) is 22.6. The molecule has 0 bridgehead atoms. The van der Waals surface area contributed by atoms with Crippen LogP contribution in [0.3, 0.4) is 0 Å². The van der Waals surface area contributed by atoms with E-state index >= 15 is 0 Å². The van der Waals surface area contributed by atoms with Crippen LogP contribution in [-0.4, -0.2) is 17.2 Å². The summed E-state index contributed by atoms with van der Waals surface area (Å²) in [6, 6.07) is 84.5. The van der Waals surface area contributed by atoms with Crippen molar-refractivity contribution in [3.8, 4) is 22.5 Å². The Morgan fingerprint density at radius 2 is 0.750 bits per heavy atom. The van der Waals surface area contributed by atoms with Gasteiger partial charge in [-0.15, -0.1) is 0 Å². The first-order valence-electron chi connectivity index (χ1n) is 20.6. The lowest BCUT2D eigenvalue weighted by atomic mass is 10.0. The number of hydrogen-bond donors (Lipinski definition) is 0. The van der Waals surface area contributed by atoms with Crippen molar-refractivity contribution < 1.29 is 4.42 Å². The van der Waals surface area contributed by atoms with Gasteiger partial charge in [-0.3, -0.25) is 4.57 Å². The first kappa shape index (κ1) is 34.4. The van der Waals surface area contributed by atoms with E-state index in [9.17, 15) is 0 Å². The monoisotopic (exact) mass is 782 g/mol. The number of para-hydroxylation sites is 3. The van der Waals surface area contributed by atoms with Crippen LogP contribution in [0, 0.1) is 0 Å². The molecule has 0 amide bonds. The van der Waals surface area contributed by atoms with Gasteiger partial charge < -0.3 is 8.98 Å². The topological polar surface area (TPSA) is 23.0 Å². The molecule has 0 saturated carbocycles. The van der Waals surface area contributed by atoms with E-state index < -0.39 is 8.07 Å². The Hall–Kier alpha value is -7.66. The maximum absolute atomic E-state index is 6.62. The SMILES string of the molecule is c1ccc(-n2c3ccc(-c4ccc5c(c4)c4c6ccccc6oc4n5-c4ccccc4)cc3c3cc([Si](c4ccccc4)(c4ccccc4)c4ccccc4)ccc32)cc1. The standard InChI is InChI=1S/C56H38N2OSi/c1-6-18-41(19-7-1)57-51-33-30-39(40-31-34-53-50(37-40)55-47-28-16-17-29-54(47)59-56(55)58(53)42-20-8-2-9-21-42)36-48(51)49-38-46(32-35-52(49)57)60(43-22-10-3-11-23-43,44-24-12-4-13-25-44)45-26-14-5-15-27-45/h1-38H. The van der Waals surface area contributed by atoms with Crippen LogP contribution in [0.15, 0.2) is 235 Å². The van der Waals surface area contributed by atoms with E-state index in [1.165, 1.54) is 59.1 Å². The van der Waals surface area contributed by atoms with Crippen LogP contribution < -0.4 is 20.7 Å². The van der Waals surface area contributed by atoms with Crippen LogP contribution in [0.1, 0.15) is 0 Å². The van der Waals surface area contributed by atoms with E-state index in [-0.39, 0.29) is 0 Å². The molecule has 0 radical (unpaired) electrons. The van der Waals surface area contributed by atoms with Crippen molar-refractivity contribution in [2.45, 2.75) is 0 Å². The predicted molar refractivity (Wildman–Crippen MR) is 254 cm³/mol. The van der Waals surface area contributed by atoms with Crippen molar-refractivity contribution in [2.75, 3.05) is 0 Å². The zero-order chi connectivity index (χ0) is 39.6. The average Bonchev–Trinajstić information content (AvgIpc) is 3.97. The van der Waals surface area contributed by atoms with Crippen LogP contribution in [0.4, 0.5) is 0 Å². The van der Waals surface area contributed by atoms with E-state index in [0.717, 1.165) is 39.0 Å². The largest absolute Gasteiger partial charge is 0.439 e. The van der Waals surface area contributed by atoms with Crippen LogP contribution >= 0.6 is 0 Å². The fourth-order valence-corrected chi connectivity index (χ4v) is 14.6. The second-order valence-corrected chi connectivity index (χ2v) is 19.5. The molecule has 0 spiro atoms. The van der Waals surface area contributed by atoms with Gasteiger partial charge in [0.2, 0.25) is 5.71 Å². The highest BCUT2D eigenvalue weighted by Crippen LogP contribution is 2.41. The van der Waals surface area contributed by atoms with E-state index in [4.69, 9.17) is 4.42 Å². The zero-order valence-electron chi connectivity index (χ0n) is 32.7. The zero-order valence-corrected chi connectivity index (χ0v) is 33.7. The summed E-state index contributed by atoms with van der Waals surface area (Å²) in [5.41, 5.74) is 9.83. The van der Waals surface area contributed by atoms with Gasteiger partial charge in [0.05, 0.1) is 21.9 Å². The molecule has 4 heteroatoms. The molecular formula is C56H38N2OSi. The Morgan fingerprint density at radius 1 is 0.317 bits per heavy atom. The molecule has 0 aliphatic heterocycles. The second kappa shape index (κ2) is 13.7. The van der Waals surface area contributed by atoms with Gasteiger partial charge in [0, 0.05) is 32.9 Å². The summed E-state index contributed by atoms with van der Waals surface area (Å²) < 4.78 is 11.3. The molecule has 3 aromatic heterocycles. The lowest BCUT2D eigenvalue weighted by molar-refractivity contribution is 0.645. The summed E-state index contributed by atoms with van der Waals surface area (Å²) in [6.45, 7) is 0. The van der Waals surface area contributed by atoms with E-state index in [0.29, 0.717) is 0 Å². The summed E-state index contributed by atoms with van der Waals surface area (Å²) in [7, 11) is -2.77. The van der Waals surface area contributed by atoms with Gasteiger partial charge in [0.15, 0.2) is 8.07 Å². The van der Waals surface area contributed by atoms with Gasteiger partial charge in [-0.25, -0.2) is 0 Å². The molecule has 0 aliphatic rings. The minimum atomic E-state index is -2.77. The normalized spacial score (nSPS) is 12.0. The maximum Gasteiger partial charge on any atom is 0.213 e. The van der Waals surface area contributed by atoms with Gasteiger partial charge in [-0.1, -0.05) is 170 Å². The number of benzene rings is 9. The Morgan fingerprint density at radius 3 is 1.32 bits per heavy atom. The van der Waals surface area contributed by atoms with Gasteiger partial charge in [-0.05, 0) is 92.5 Å². The molecule has 3 heterocycles. The number of rotatable bonds is 7. The second-order valence-electron chi connectivity index (χ2n) is 15.7. The molecule has 282 valence electrons. The lowest BCUT2D eigenvalue weighted by Gasteiger charge is -2.34. The summed E-state index contributed by atoms with van der Waals surface area (Å²) in [5.74, 6) is 0. The minimum absolute atomic E-state index is 0.867. The number of hydrogen-bond acceptors (Lipinski definition) is 1. The minimum Gasteiger partial charge on any atom is -0.439 e. The Balaban J connectivity index is 1.13. The first-order chi connectivity index (χ1) is 29.8. The van der Waals surface area contributed by atoms with Gasteiger partial charge in [-0.2, -0.15) is 0 Å². The van der Waals surface area contributed by atoms with Gasteiger partial charge in [0.1, 0.15) is 5.58 Å². The quantitative estimate of drug-likeness (QED) is 0.117. The van der Waals surface area contributed by atoms with Crippen molar-refractivity contribution in [3.05, 3.63) is 231 Å². The van der Waals surface area contributed by atoms with Crippen molar-refractivity contribution in [3.63, 3.8) is 0 Å². The predicted octanol–water partition coefficient (Wildman–Crippen LogP) is 11.7. The fraction of sp³-hybridized carbons (Fsp3) is 0. The van der Waals surface area contributed by atoms with E-state index in [1.54, 1.807) is 0 Å². The van der Waals surface area contributed by atoms with Crippen LogP contribution in [0.2, 0.25) is 0 Å². The molecule has 60 heavy (non-hydrogen) atoms. The average molecular weight is 783 g/mol. The van der Waals surface area contributed by atoms with Crippen LogP contribution in [0.25, 0.3) is 77.3 Å². The van der Waals surface area contributed by atoms with Crippen LogP contribution in [0.5, 0.6) is 0 Å². The summed E-state index contributed by atoms with van der Waals surface area (Å²) >= 11 is 0. The molecule has 0 unspecified atom stereocenters. The Bertz CT molecular complexity index is 3420.